The highest BCUT2D eigenvalue weighted by Crippen LogP contribution is 2.20. The molecule has 1 aromatic carbocycles. The van der Waals surface area contributed by atoms with Crippen LogP contribution in [0.4, 0.5) is 0 Å². The van der Waals surface area contributed by atoms with Gasteiger partial charge < -0.3 is 19.9 Å². The number of hydrogen-bond acceptors (Lipinski definition) is 4. The van der Waals surface area contributed by atoms with Crippen LogP contribution in [0.25, 0.3) is 6.08 Å². The fourth-order valence-electron chi connectivity index (χ4n) is 2.79. The van der Waals surface area contributed by atoms with Gasteiger partial charge in [-0.3, -0.25) is 4.79 Å². The molecule has 0 radical (unpaired) electrons. The number of ether oxygens (including phenoxy) is 1. The molecular weight excluding hydrogens is 302 g/mol. The first-order valence-corrected chi connectivity index (χ1v) is 8.60. The summed E-state index contributed by atoms with van der Waals surface area (Å²) in [5.74, 6) is 0.719. The summed E-state index contributed by atoms with van der Waals surface area (Å²) >= 11 is 0. The Balaban J connectivity index is 1.70. The highest BCUT2D eigenvalue weighted by Gasteiger charge is 2.12. The van der Waals surface area contributed by atoms with Crippen molar-refractivity contribution in [3.8, 4) is 5.75 Å². The predicted molar refractivity (Wildman–Crippen MR) is 98.3 cm³/mol. The summed E-state index contributed by atoms with van der Waals surface area (Å²) in [6.45, 7) is 8.29. The number of nitrogens with one attached hydrogen (secondary N) is 1. The molecule has 0 aliphatic carbocycles. The Morgan fingerprint density at radius 1 is 1.29 bits per heavy atom. The molecule has 132 valence electrons. The number of carbonyl (C=O) groups is 1. The molecule has 0 unspecified atom stereocenters. The lowest BCUT2D eigenvalue weighted by molar-refractivity contribution is -0.116. The first kappa shape index (κ1) is 18.5. The fraction of sp³-hybridized carbons (Fsp3) is 0.526. The quantitative estimate of drug-likeness (QED) is 0.611. The zero-order chi connectivity index (χ0) is 17.4. The molecule has 1 fully saturated rings. The molecule has 1 heterocycles. The Labute approximate surface area is 145 Å². The van der Waals surface area contributed by atoms with Crippen LogP contribution in [0.15, 0.2) is 24.3 Å². The standard InChI is InChI=1S/C19H29N3O2/c1-16-5-7-18(24-3)17(15-16)6-8-19(23)20-9-4-10-22-13-11-21(2)12-14-22/h5-8,15H,4,9-14H2,1-3H3,(H,20,23)/b8-6+. The third-order valence-electron chi connectivity index (χ3n) is 4.35. The topological polar surface area (TPSA) is 44.8 Å². The minimum absolute atomic E-state index is 0.0584. The number of aryl methyl sites for hydroxylation is 1. The Morgan fingerprint density at radius 3 is 2.75 bits per heavy atom. The van der Waals surface area contributed by atoms with E-state index in [0.717, 1.165) is 56.0 Å². The molecule has 0 atom stereocenters. The summed E-state index contributed by atoms with van der Waals surface area (Å²) in [5.41, 5.74) is 2.06. The number of piperazine rings is 1. The van der Waals surface area contributed by atoms with Crippen LogP contribution in [-0.4, -0.2) is 69.1 Å². The van der Waals surface area contributed by atoms with Gasteiger partial charge >= 0.3 is 0 Å². The van der Waals surface area contributed by atoms with Crippen LogP contribution in [0.1, 0.15) is 17.5 Å². The zero-order valence-electron chi connectivity index (χ0n) is 15.0. The van der Waals surface area contributed by atoms with Gasteiger partial charge in [0, 0.05) is 44.4 Å². The molecule has 0 saturated carbocycles. The molecule has 5 nitrogen and oxygen atoms in total. The lowest BCUT2D eigenvalue weighted by Crippen LogP contribution is -2.45. The largest absolute Gasteiger partial charge is 0.496 e. The highest BCUT2D eigenvalue weighted by molar-refractivity contribution is 5.92. The Kier molecular flexibility index (Phi) is 7.28. The molecule has 2 rings (SSSR count). The molecule has 0 aromatic heterocycles. The summed E-state index contributed by atoms with van der Waals surface area (Å²) in [4.78, 5) is 16.7. The highest BCUT2D eigenvalue weighted by atomic mass is 16.5. The van der Waals surface area contributed by atoms with E-state index in [1.54, 1.807) is 13.2 Å². The molecule has 1 saturated heterocycles. The van der Waals surface area contributed by atoms with Crippen molar-refractivity contribution >= 4 is 12.0 Å². The van der Waals surface area contributed by atoms with Gasteiger partial charge in [-0.2, -0.15) is 0 Å². The minimum atomic E-state index is -0.0584. The van der Waals surface area contributed by atoms with Crippen LogP contribution >= 0.6 is 0 Å². The van der Waals surface area contributed by atoms with Crippen LogP contribution < -0.4 is 10.1 Å². The number of nitrogens with zero attached hydrogens (tertiary/aromatic N) is 2. The first-order valence-electron chi connectivity index (χ1n) is 8.60. The average molecular weight is 331 g/mol. The predicted octanol–water partition coefficient (Wildman–Crippen LogP) is 1.77. The van der Waals surface area contributed by atoms with E-state index < -0.39 is 0 Å². The van der Waals surface area contributed by atoms with Crippen molar-refractivity contribution in [1.82, 2.24) is 15.1 Å². The third kappa shape index (κ3) is 5.98. The molecule has 1 aliphatic rings. The van der Waals surface area contributed by atoms with E-state index in [4.69, 9.17) is 4.74 Å². The molecule has 1 amide bonds. The van der Waals surface area contributed by atoms with Crippen LogP contribution in [0, 0.1) is 6.92 Å². The molecule has 1 aliphatic heterocycles. The van der Waals surface area contributed by atoms with E-state index in [1.807, 2.05) is 31.2 Å². The molecule has 5 heteroatoms. The van der Waals surface area contributed by atoms with Gasteiger partial charge in [-0.1, -0.05) is 11.6 Å². The van der Waals surface area contributed by atoms with Gasteiger partial charge in [0.15, 0.2) is 0 Å². The van der Waals surface area contributed by atoms with Gasteiger partial charge in [0.2, 0.25) is 5.91 Å². The maximum absolute atomic E-state index is 11.9. The minimum Gasteiger partial charge on any atom is -0.496 e. The van der Waals surface area contributed by atoms with E-state index in [9.17, 15) is 4.79 Å². The van der Waals surface area contributed by atoms with Crippen molar-refractivity contribution in [2.45, 2.75) is 13.3 Å². The van der Waals surface area contributed by atoms with Gasteiger partial charge in [-0.05, 0) is 45.1 Å². The Bertz CT molecular complexity index is 564. The molecule has 0 bridgehead atoms. The summed E-state index contributed by atoms with van der Waals surface area (Å²) in [7, 11) is 3.80. The average Bonchev–Trinajstić information content (AvgIpc) is 2.58. The van der Waals surface area contributed by atoms with Crippen LogP contribution in [0.5, 0.6) is 5.75 Å². The summed E-state index contributed by atoms with van der Waals surface area (Å²) in [6, 6.07) is 5.92. The molecule has 1 N–H and O–H groups in total. The summed E-state index contributed by atoms with van der Waals surface area (Å²) < 4.78 is 5.31. The number of carbonyl (C=O) groups excluding carboxylic acids is 1. The van der Waals surface area contributed by atoms with Crippen molar-refractivity contribution < 1.29 is 9.53 Å². The maximum Gasteiger partial charge on any atom is 0.244 e. The number of benzene rings is 1. The van der Waals surface area contributed by atoms with E-state index in [0.29, 0.717) is 6.54 Å². The lowest BCUT2D eigenvalue weighted by atomic mass is 10.1. The van der Waals surface area contributed by atoms with Crippen molar-refractivity contribution in [2.75, 3.05) is 53.4 Å². The van der Waals surface area contributed by atoms with Crippen LogP contribution in [0.2, 0.25) is 0 Å². The number of rotatable bonds is 7. The zero-order valence-corrected chi connectivity index (χ0v) is 15.0. The van der Waals surface area contributed by atoms with Crippen molar-refractivity contribution in [2.24, 2.45) is 0 Å². The van der Waals surface area contributed by atoms with E-state index >= 15 is 0 Å². The summed E-state index contributed by atoms with van der Waals surface area (Å²) in [5, 5.41) is 2.95. The molecule has 24 heavy (non-hydrogen) atoms. The monoisotopic (exact) mass is 331 g/mol. The van der Waals surface area contributed by atoms with Gasteiger partial charge in [-0.15, -0.1) is 0 Å². The van der Waals surface area contributed by atoms with Gasteiger partial charge in [0.05, 0.1) is 7.11 Å². The van der Waals surface area contributed by atoms with Gasteiger partial charge in [0.25, 0.3) is 0 Å². The van der Waals surface area contributed by atoms with E-state index in [-0.39, 0.29) is 5.91 Å². The lowest BCUT2D eigenvalue weighted by Gasteiger charge is -2.32. The van der Waals surface area contributed by atoms with Crippen LogP contribution in [0.3, 0.4) is 0 Å². The second-order valence-electron chi connectivity index (χ2n) is 6.37. The first-order chi connectivity index (χ1) is 11.6. The smallest absolute Gasteiger partial charge is 0.244 e. The second-order valence-corrected chi connectivity index (χ2v) is 6.37. The number of methoxy groups -OCH3 is 1. The van der Waals surface area contributed by atoms with E-state index in [1.165, 1.54) is 0 Å². The Morgan fingerprint density at radius 2 is 2.04 bits per heavy atom. The van der Waals surface area contributed by atoms with Crippen molar-refractivity contribution in [3.63, 3.8) is 0 Å². The number of hydrogen-bond donors (Lipinski definition) is 1. The van der Waals surface area contributed by atoms with Crippen molar-refractivity contribution in [1.29, 1.82) is 0 Å². The normalized spacial score (nSPS) is 16.5. The second kappa shape index (κ2) is 9.45. The van der Waals surface area contributed by atoms with Crippen molar-refractivity contribution in [3.05, 3.63) is 35.4 Å². The van der Waals surface area contributed by atoms with E-state index in [2.05, 4.69) is 22.2 Å². The fourth-order valence-corrected chi connectivity index (χ4v) is 2.79. The van der Waals surface area contributed by atoms with Crippen LogP contribution in [-0.2, 0) is 4.79 Å². The SMILES string of the molecule is COc1ccc(C)cc1/C=C/C(=O)NCCCN1CCN(C)CC1. The molecular formula is C19H29N3O2. The summed E-state index contributed by atoms with van der Waals surface area (Å²) in [6.07, 6.45) is 4.37. The third-order valence-corrected chi connectivity index (χ3v) is 4.35. The molecule has 0 spiro atoms. The number of likely N-dealkylation sites (N-methyl/N-ethyl adjacent to an activating group) is 1. The van der Waals surface area contributed by atoms with Gasteiger partial charge in [0.1, 0.15) is 5.75 Å². The maximum atomic E-state index is 11.9. The molecule has 1 aromatic rings. The number of amides is 1. The Hall–Kier alpha value is -1.85. The van der Waals surface area contributed by atoms with Gasteiger partial charge in [-0.25, -0.2) is 0 Å².